The molecule has 0 spiro atoms. The third-order valence-corrected chi connectivity index (χ3v) is 28.3. The zero-order valence-corrected chi connectivity index (χ0v) is 53.7. The van der Waals surface area contributed by atoms with Crippen molar-refractivity contribution in [1.82, 2.24) is 0 Å². The molecular formula is C87H160O18. The van der Waals surface area contributed by atoms with E-state index in [4.69, 9.17) is 28.4 Å². The van der Waals surface area contributed by atoms with Crippen molar-refractivity contribution in [1.29, 1.82) is 0 Å². The number of rotatable bonds is 16. The predicted octanol–water partition coefficient (Wildman–Crippen LogP) is 19.5. The van der Waals surface area contributed by atoms with Crippen molar-refractivity contribution in [2.24, 2.45) is 201 Å². The minimum atomic E-state index is -1.06. The average Bonchev–Trinajstić information content (AvgIpc) is 1.52. The molecule has 616 valence electrons. The van der Waals surface area contributed by atoms with Crippen LogP contribution >= 0.6 is 0 Å². The number of carbonyl (C=O) groups excluding carboxylic acids is 8. The maximum atomic E-state index is 14.4. The summed E-state index contributed by atoms with van der Waals surface area (Å²) in [5.41, 5.74) is -1.39. The van der Waals surface area contributed by atoms with Gasteiger partial charge in [-0.1, -0.05) is 147 Å². The van der Waals surface area contributed by atoms with Crippen molar-refractivity contribution in [3.8, 4) is 0 Å². The van der Waals surface area contributed by atoms with Crippen LogP contribution in [0.15, 0.2) is 0 Å². The van der Waals surface area contributed by atoms with Gasteiger partial charge in [-0.2, -0.15) is 0 Å². The molecule has 18 nitrogen and oxygen atoms in total. The third-order valence-electron chi connectivity index (χ3n) is 28.3. The molecule has 0 amide bonds. The number of carbonyl (C=O) groups is 10. The molecule has 0 radical (unpaired) electrons. The molecule has 0 aromatic carbocycles. The molecule has 18 heteroatoms. The first-order chi connectivity index (χ1) is 42.0. The lowest BCUT2D eigenvalue weighted by Crippen LogP contribution is -2.51. The molecule has 12 saturated carbocycles. The second-order valence-corrected chi connectivity index (χ2v) is 33.9. The Hall–Kier alpha value is -4.90. The Morgan fingerprint density at radius 2 is 0.638 bits per heavy atom. The monoisotopic (exact) mass is 1490 g/mol. The minimum Gasteiger partial charge on any atom is -0.481 e. The minimum absolute atomic E-state index is 0. The van der Waals surface area contributed by atoms with Crippen LogP contribution in [0.25, 0.3) is 0 Å². The standard InChI is InChI=1S/C71H96O18.16CH4/c1-26-36-24-42(44(26)54-38-20-34(22-40(38)64(78)88-70(5,6)7)52(54)50-32-14-12-30(18-32)48(50)46-28(3)62(76)86-68(46)82)56(60(72)73)58(36)66(80)84-16-11-17-85-67(81)59-37-25-43(57(59)61(74)75)45(27(37)2)55-39-21-35(23-41(39)65(79)89-71(8,9)10)53(55)51-33-15-13-31(19-33)49(51)47-29(4)63(77)87-69(47)83;;;;;;;;;;;;;;;;/h26-59H,11-25H2,1-10H3,(H,72,73)(H,74,75);16*1H4. The summed E-state index contributed by atoms with van der Waals surface area (Å²) in [7, 11) is 0. The van der Waals surface area contributed by atoms with Crippen molar-refractivity contribution < 1.29 is 86.6 Å². The molecule has 105 heavy (non-hydrogen) atoms. The highest BCUT2D eigenvalue weighted by atomic mass is 16.6. The van der Waals surface area contributed by atoms with E-state index in [2.05, 4.69) is 13.8 Å². The molecule has 0 aromatic rings. The quantitative estimate of drug-likeness (QED) is 0.0629. The maximum absolute atomic E-state index is 14.4. The van der Waals surface area contributed by atoms with Crippen molar-refractivity contribution in [3.63, 3.8) is 0 Å². The number of carboxylic acids is 2. The Kier molecular flexibility index (Phi) is 36.9. The van der Waals surface area contributed by atoms with Crippen LogP contribution < -0.4 is 0 Å². The zero-order chi connectivity index (χ0) is 63.3. The number of ether oxygens (including phenoxy) is 6. The lowest BCUT2D eigenvalue weighted by atomic mass is 9.53. The van der Waals surface area contributed by atoms with Gasteiger partial charge < -0.3 is 38.6 Å². The third kappa shape index (κ3) is 16.3. The van der Waals surface area contributed by atoms with Crippen LogP contribution in [-0.4, -0.2) is 94.3 Å². The van der Waals surface area contributed by atoms with Crippen LogP contribution in [0.5, 0.6) is 0 Å². The van der Waals surface area contributed by atoms with E-state index in [1.54, 1.807) is 0 Å². The van der Waals surface area contributed by atoms with Crippen LogP contribution in [0.2, 0.25) is 0 Å². The highest BCUT2D eigenvalue weighted by molar-refractivity contribution is 5.97. The van der Waals surface area contributed by atoms with Gasteiger partial charge >= 0.3 is 59.7 Å². The molecule has 14 fully saturated rings. The van der Waals surface area contributed by atoms with E-state index in [1.807, 2.05) is 55.4 Å². The maximum Gasteiger partial charge on any atom is 0.317 e. The molecule has 2 heterocycles. The van der Waals surface area contributed by atoms with E-state index in [9.17, 15) is 58.2 Å². The predicted molar refractivity (Wildman–Crippen MR) is 420 cm³/mol. The van der Waals surface area contributed by atoms with E-state index in [0.717, 1.165) is 51.4 Å². The van der Waals surface area contributed by atoms with Gasteiger partial charge in [-0.3, -0.25) is 47.9 Å². The van der Waals surface area contributed by atoms with Crippen LogP contribution in [0.1, 0.15) is 272 Å². The van der Waals surface area contributed by atoms with Gasteiger partial charge in [0.1, 0.15) is 11.2 Å². The second kappa shape index (κ2) is 37.2. The molecule has 2 saturated heterocycles. The molecule has 12 aliphatic carbocycles. The smallest absolute Gasteiger partial charge is 0.317 e. The van der Waals surface area contributed by atoms with Crippen molar-refractivity contribution >= 4 is 59.7 Å². The summed E-state index contributed by atoms with van der Waals surface area (Å²) in [6, 6.07) is 0. The number of aliphatic carboxylic acids is 2. The average molecular weight is 1490 g/mol. The van der Waals surface area contributed by atoms with Crippen molar-refractivity contribution in [3.05, 3.63) is 0 Å². The van der Waals surface area contributed by atoms with Crippen molar-refractivity contribution in [2.75, 3.05) is 13.2 Å². The van der Waals surface area contributed by atoms with Gasteiger partial charge in [0.15, 0.2) is 0 Å². The van der Waals surface area contributed by atoms with E-state index in [0.29, 0.717) is 37.5 Å². The molecule has 34 atom stereocenters. The summed E-state index contributed by atoms with van der Waals surface area (Å²) >= 11 is 0. The molecule has 0 aromatic heterocycles. The number of esters is 8. The van der Waals surface area contributed by atoms with E-state index in [1.165, 1.54) is 0 Å². The van der Waals surface area contributed by atoms with E-state index < -0.39 is 106 Å². The summed E-state index contributed by atoms with van der Waals surface area (Å²) in [4.78, 5) is 138. The fourth-order valence-corrected chi connectivity index (χ4v) is 26.3. The largest absolute Gasteiger partial charge is 0.481 e. The van der Waals surface area contributed by atoms with Crippen LogP contribution in [0.4, 0.5) is 0 Å². The van der Waals surface area contributed by atoms with Gasteiger partial charge in [0.05, 0.1) is 72.4 Å². The van der Waals surface area contributed by atoms with Gasteiger partial charge in [0.25, 0.3) is 0 Å². The Balaban J connectivity index is -0.00000650. The number of cyclic esters (lactones) is 4. The first-order valence-electron chi connectivity index (χ1n) is 34.8. The first-order valence-corrected chi connectivity index (χ1v) is 34.8. The number of fused-ring (bicyclic) bond motifs is 12. The topological polar surface area (TPSA) is 267 Å². The molecule has 2 aliphatic heterocycles. The molecule has 14 rings (SSSR count). The van der Waals surface area contributed by atoms with Gasteiger partial charge in [-0.05, 0) is 261 Å². The first kappa shape index (κ1) is 104. The Morgan fingerprint density at radius 3 is 0.914 bits per heavy atom. The fourth-order valence-electron chi connectivity index (χ4n) is 26.3. The Labute approximate surface area is 640 Å². The Bertz CT molecular complexity index is 2780. The fraction of sp³-hybridized carbons (Fsp3) is 0.885. The van der Waals surface area contributed by atoms with Crippen LogP contribution in [0, 0.1) is 201 Å². The summed E-state index contributed by atoms with van der Waals surface area (Å²) in [5, 5.41) is 22.3. The lowest BCUT2D eigenvalue weighted by molar-refractivity contribution is -0.169. The van der Waals surface area contributed by atoms with E-state index >= 15 is 0 Å². The van der Waals surface area contributed by atoms with Gasteiger partial charge in [0, 0.05) is 6.42 Å². The Morgan fingerprint density at radius 1 is 0.343 bits per heavy atom. The van der Waals surface area contributed by atoms with Gasteiger partial charge in [0.2, 0.25) is 0 Å². The molecule has 12 bridgehead atoms. The van der Waals surface area contributed by atoms with Crippen molar-refractivity contribution in [2.45, 2.75) is 283 Å². The highest BCUT2D eigenvalue weighted by Crippen LogP contribution is 2.75. The van der Waals surface area contributed by atoms with E-state index in [-0.39, 0.29) is 292 Å². The van der Waals surface area contributed by atoms with Crippen LogP contribution in [0.3, 0.4) is 0 Å². The SMILES string of the molecule is C.C.C.C.C.C.C.C.C.C.C.C.C.C.C.C.CC1C(=O)OC(=O)C1C1C2CCC(C2)C1C1C2CC(C(=O)OC(C)(C)C)C(C2)C1C1C(C)C2CC1C(C(=O)O)C2C(=O)OCCCOC(=O)C1C2CC(C1C(=O)O)C(C1C3CC(CC3C(=O)OC(C)(C)C)C1C1C3CCC(C3)C1C1C(=O)OC(=O)C1C)C2C. The summed E-state index contributed by atoms with van der Waals surface area (Å²) in [6.45, 7) is 18.8. The second-order valence-electron chi connectivity index (χ2n) is 33.9. The van der Waals surface area contributed by atoms with Gasteiger partial charge in [-0.25, -0.2) is 0 Å². The summed E-state index contributed by atoms with van der Waals surface area (Å²) in [6.07, 6.45) is 10.2. The number of carboxylic acid groups (broad SMARTS) is 2. The lowest BCUT2D eigenvalue weighted by Gasteiger charge is -2.51. The highest BCUT2D eigenvalue weighted by Gasteiger charge is 2.74. The number of hydrogen-bond donors (Lipinski definition) is 2. The number of hydrogen-bond acceptors (Lipinski definition) is 16. The molecule has 2 N–H and O–H groups in total. The molecule has 34 unspecified atom stereocenters. The normalized spacial score (nSPS) is 42.5. The summed E-state index contributed by atoms with van der Waals surface area (Å²) < 4.78 is 34.7. The summed E-state index contributed by atoms with van der Waals surface area (Å²) in [5.74, 6) is -12.1. The molecular weight excluding hydrogens is 1330 g/mol. The molecule has 14 aliphatic rings. The van der Waals surface area contributed by atoms with Gasteiger partial charge in [-0.15, -0.1) is 0 Å². The zero-order valence-electron chi connectivity index (χ0n) is 53.7. The van der Waals surface area contributed by atoms with Crippen LogP contribution in [-0.2, 0) is 76.4 Å².